The standard InChI is InChI=1S/C21H24N4O/c1-17-6-2-3-8-19(17)15-23-10-12-24(13-11-23)16-25-21(26)20-9-5-4-7-18(20)14-22-25/h2-9,14H,10-13,15-16H2,1H3. The van der Waals surface area contributed by atoms with Gasteiger partial charge in [-0.05, 0) is 24.1 Å². The van der Waals surface area contributed by atoms with Crippen LogP contribution in [0, 0.1) is 6.92 Å². The molecule has 134 valence electrons. The Morgan fingerprint density at radius 3 is 2.42 bits per heavy atom. The molecule has 0 amide bonds. The predicted molar refractivity (Wildman–Crippen MR) is 104 cm³/mol. The minimum absolute atomic E-state index is 0.00885. The lowest BCUT2D eigenvalue weighted by Crippen LogP contribution is -2.47. The van der Waals surface area contributed by atoms with Crippen LogP contribution in [0.5, 0.6) is 0 Å². The van der Waals surface area contributed by atoms with Gasteiger partial charge in [-0.2, -0.15) is 5.10 Å². The van der Waals surface area contributed by atoms with Crippen LogP contribution < -0.4 is 5.56 Å². The van der Waals surface area contributed by atoms with E-state index in [1.165, 1.54) is 11.1 Å². The number of piperazine rings is 1. The van der Waals surface area contributed by atoms with Crippen molar-refractivity contribution in [3.63, 3.8) is 0 Å². The molecule has 4 rings (SSSR count). The summed E-state index contributed by atoms with van der Waals surface area (Å²) in [5, 5.41) is 5.98. The summed E-state index contributed by atoms with van der Waals surface area (Å²) in [6.45, 7) is 7.65. The van der Waals surface area contributed by atoms with Crippen LogP contribution in [0.4, 0.5) is 0 Å². The van der Waals surface area contributed by atoms with Crippen molar-refractivity contribution in [1.29, 1.82) is 0 Å². The van der Waals surface area contributed by atoms with Gasteiger partial charge in [0, 0.05) is 38.1 Å². The van der Waals surface area contributed by atoms with Crippen LogP contribution in [0.2, 0.25) is 0 Å². The van der Waals surface area contributed by atoms with Crippen molar-refractivity contribution >= 4 is 10.8 Å². The zero-order valence-electron chi connectivity index (χ0n) is 15.1. The number of nitrogens with zero attached hydrogens (tertiary/aromatic N) is 4. The Kier molecular flexibility index (Phi) is 4.82. The van der Waals surface area contributed by atoms with Crippen LogP contribution in [0.1, 0.15) is 11.1 Å². The van der Waals surface area contributed by atoms with E-state index < -0.39 is 0 Å². The Morgan fingerprint density at radius 1 is 0.923 bits per heavy atom. The Balaban J connectivity index is 1.39. The lowest BCUT2D eigenvalue weighted by molar-refractivity contribution is 0.0971. The van der Waals surface area contributed by atoms with Gasteiger partial charge in [-0.1, -0.05) is 42.5 Å². The molecule has 26 heavy (non-hydrogen) atoms. The fraction of sp³-hybridized carbons (Fsp3) is 0.333. The van der Waals surface area contributed by atoms with Crippen LogP contribution in [-0.2, 0) is 13.2 Å². The maximum absolute atomic E-state index is 12.6. The Bertz CT molecular complexity index is 957. The highest BCUT2D eigenvalue weighted by Crippen LogP contribution is 2.13. The maximum Gasteiger partial charge on any atom is 0.275 e. The molecule has 1 aromatic heterocycles. The number of hydrogen-bond donors (Lipinski definition) is 0. The molecule has 3 aromatic rings. The SMILES string of the molecule is Cc1ccccc1CN1CCN(Cn2ncc3ccccc3c2=O)CC1. The van der Waals surface area contributed by atoms with E-state index in [0.29, 0.717) is 6.67 Å². The van der Waals surface area contributed by atoms with Gasteiger partial charge in [-0.25, -0.2) is 4.68 Å². The number of fused-ring (bicyclic) bond motifs is 1. The lowest BCUT2D eigenvalue weighted by Gasteiger charge is -2.34. The molecule has 0 unspecified atom stereocenters. The largest absolute Gasteiger partial charge is 0.297 e. The van der Waals surface area contributed by atoms with Gasteiger partial charge in [0.1, 0.15) is 0 Å². The van der Waals surface area contributed by atoms with Crippen LogP contribution in [0.25, 0.3) is 10.8 Å². The van der Waals surface area contributed by atoms with Gasteiger partial charge in [0.15, 0.2) is 0 Å². The van der Waals surface area contributed by atoms with Gasteiger partial charge in [-0.15, -0.1) is 0 Å². The molecule has 0 N–H and O–H groups in total. The molecule has 1 saturated heterocycles. The van der Waals surface area contributed by atoms with E-state index in [1.807, 2.05) is 24.3 Å². The van der Waals surface area contributed by atoms with E-state index in [1.54, 1.807) is 10.9 Å². The second-order valence-electron chi connectivity index (χ2n) is 7.00. The summed E-state index contributed by atoms with van der Waals surface area (Å²) in [5.41, 5.74) is 2.74. The average molecular weight is 348 g/mol. The third-order valence-electron chi connectivity index (χ3n) is 5.22. The van der Waals surface area contributed by atoms with Gasteiger partial charge < -0.3 is 0 Å². The third-order valence-corrected chi connectivity index (χ3v) is 5.22. The monoisotopic (exact) mass is 348 g/mol. The van der Waals surface area contributed by atoms with Crippen molar-refractivity contribution in [3.05, 3.63) is 76.2 Å². The summed E-state index contributed by atoms with van der Waals surface area (Å²) in [6, 6.07) is 16.2. The summed E-state index contributed by atoms with van der Waals surface area (Å²) in [6.07, 6.45) is 1.78. The van der Waals surface area contributed by atoms with Gasteiger partial charge in [0.25, 0.3) is 5.56 Å². The van der Waals surface area contributed by atoms with Crippen molar-refractivity contribution < 1.29 is 0 Å². The van der Waals surface area contributed by atoms with Crippen LogP contribution >= 0.6 is 0 Å². The highest BCUT2D eigenvalue weighted by molar-refractivity contribution is 5.80. The molecule has 0 atom stereocenters. The lowest BCUT2D eigenvalue weighted by atomic mass is 10.1. The summed E-state index contributed by atoms with van der Waals surface area (Å²) in [7, 11) is 0. The molecular weight excluding hydrogens is 324 g/mol. The summed E-state index contributed by atoms with van der Waals surface area (Å²) in [5.74, 6) is 0. The van der Waals surface area contributed by atoms with E-state index in [0.717, 1.165) is 43.5 Å². The van der Waals surface area contributed by atoms with Crippen molar-refractivity contribution in [3.8, 4) is 0 Å². The molecule has 0 spiro atoms. The average Bonchev–Trinajstić information content (AvgIpc) is 2.67. The van der Waals surface area contributed by atoms with Crippen LogP contribution in [0.3, 0.4) is 0 Å². The fourth-order valence-corrected chi connectivity index (χ4v) is 3.54. The molecule has 1 aliphatic heterocycles. The first-order valence-electron chi connectivity index (χ1n) is 9.15. The van der Waals surface area contributed by atoms with Crippen LogP contribution in [0.15, 0.2) is 59.5 Å². The molecule has 2 aromatic carbocycles. The number of aromatic nitrogens is 2. The molecule has 1 fully saturated rings. The van der Waals surface area contributed by atoms with E-state index in [2.05, 4.69) is 46.1 Å². The maximum atomic E-state index is 12.6. The summed E-state index contributed by atoms with van der Waals surface area (Å²) < 4.78 is 1.58. The molecule has 5 heteroatoms. The van der Waals surface area contributed by atoms with Gasteiger partial charge >= 0.3 is 0 Å². The highest BCUT2D eigenvalue weighted by atomic mass is 16.1. The number of hydrogen-bond acceptors (Lipinski definition) is 4. The molecule has 2 heterocycles. The fourth-order valence-electron chi connectivity index (χ4n) is 3.54. The first-order chi connectivity index (χ1) is 12.7. The molecule has 0 radical (unpaired) electrons. The van der Waals surface area contributed by atoms with Crippen molar-refractivity contribution in [2.75, 3.05) is 26.2 Å². The topological polar surface area (TPSA) is 41.4 Å². The molecule has 0 saturated carbocycles. The second-order valence-corrected chi connectivity index (χ2v) is 7.00. The van der Waals surface area contributed by atoms with Gasteiger partial charge in [-0.3, -0.25) is 14.6 Å². The predicted octanol–water partition coefficient (Wildman–Crippen LogP) is 2.48. The Labute approximate surface area is 153 Å². The van der Waals surface area contributed by atoms with Crippen molar-refractivity contribution in [2.45, 2.75) is 20.1 Å². The molecule has 0 bridgehead atoms. The van der Waals surface area contributed by atoms with E-state index in [4.69, 9.17) is 0 Å². The van der Waals surface area contributed by atoms with E-state index in [-0.39, 0.29) is 5.56 Å². The van der Waals surface area contributed by atoms with Crippen molar-refractivity contribution in [1.82, 2.24) is 19.6 Å². The smallest absolute Gasteiger partial charge is 0.275 e. The first kappa shape index (κ1) is 16.9. The summed E-state index contributed by atoms with van der Waals surface area (Å²) in [4.78, 5) is 17.4. The number of aryl methyl sites for hydroxylation is 1. The normalized spacial score (nSPS) is 16.2. The zero-order valence-corrected chi connectivity index (χ0v) is 15.1. The second kappa shape index (κ2) is 7.40. The Hall–Kier alpha value is -2.50. The van der Waals surface area contributed by atoms with E-state index >= 15 is 0 Å². The van der Waals surface area contributed by atoms with Gasteiger partial charge in [0.2, 0.25) is 0 Å². The highest BCUT2D eigenvalue weighted by Gasteiger charge is 2.18. The minimum Gasteiger partial charge on any atom is -0.297 e. The molecular formula is C21H24N4O. The van der Waals surface area contributed by atoms with E-state index in [9.17, 15) is 4.79 Å². The van der Waals surface area contributed by atoms with Gasteiger partial charge in [0.05, 0.1) is 18.3 Å². The number of rotatable bonds is 4. The van der Waals surface area contributed by atoms with Crippen LogP contribution in [-0.4, -0.2) is 45.8 Å². The zero-order chi connectivity index (χ0) is 17.9. The number of benzene rings is 2. The molecule has 1 aliphatic rings. The molecule has 0 aliphatic carbocycles. The first-order valence-corrected chi connectivity index (χ1v) is 9.15. The Morgan fingerprint density at radius 2 is 1.62 bits per heavy atom. The quantitative estimate of drug-likeness (QED) is 0.726. The minimum atomic E-state index is -0.00885. The van der Waals surface area contributed by atoms with Crippen molar-refractivity contribution in [2.24, 2.45) is 0 Å². The third kappa shape index (κ3) is 3.54. The summed E-state index contributed by atoms with van der Waals surface area (Å²) >= 11 is 0. The molecule has 5 nitrogen and oxygen atoms in total.